The standard InChI is InChI=1S/C12H19N5O2/c1-18-11-15-10(16-12(17-11)19-2)14-8-5-9-3-6-13-7-4-9/h3,13H,4-8H2,1-2H3,(H,14,15,16,17). The molecular formula is C12H19N5O2. The molecule has 1 aliphatic rings. The first-order chi connectivity index (χ1) is 9.31. The molecule has 0 fully saturated rings. The first-order valence-electron chi connectivity index (χ1n) is 6.28. The number of rotatable bonds is 6. The highest BCUT2D eigenvalue weighted by molar-refractivity contribution is 5.28. The molecule has 0 bridgehead atoms. The van der Waals surface area contributed by atoms with Crippen molar-refractivity contribution in [2.75, 3.05) is 39.2 Å². The van der Waals surface area contributed by atoms with Gasteiger partial charge in [-0.3, -0.25) is 0 Å². The summed E-state index contributed by atoms with van der Waals surface area (Å²) < 4.78 is 9.98. The third-order valence-electron chi connectivity index (χ3n) is 2.85. The zero-order valence-corrected chi connectivity index (χ0v) is 11.3. The van der Waals surface area contributed by atoms with Crippen molar-refractivity contribution in [2.24, 2.45) is 0 Å². The van der Waals surface area contributed by atoms with Gasteiger partial charge in [-0.05, 0) is 19.4 Å². The Kier molecular flexibility index (Phi) is 4.91. The van der Waals surface area contributed by atoms with Crippen molar-refractivity contribution in [3.63, 3.8) is 0 Å². The van der Waals surface area contributed by atoms with E-state index >= 15 is 0 Å². The predicted octanol–water partition coefficient (Wildman–Crippen LogP) is 0.610. The maximum absolute atomic E-state index is 4.99. The zero-order valence-electron chi connectivity index (χ0n) is 11.3. The van der Waals surface area contributed by atoms with Gasteiger partial charge in [-0.1, -0.05) is 11.6 Å². The lowest BCUT2D eigenvalue weighted by molar-refractivity contribution is 0.341. The molecule has 0 atom stereocenters. The highest BCUT2D eigenvalue weighted by Crippen LogP contribution is 2.13. The van der Waals surface area contributed by atoms with Crippen LogP contribution in [0.3, 0.4) is 0 Å². The van der Waals surface area contributed by atoms with Gasteiger partial charge in [0.25, 0.3) is 0 Å². The summed E-state index contributed by atoms with van der Waals surface area (Å²) in [6.07, 6.45) is 4.32. The second kappa shape index (κ2) is 6.89. The zero-order chi connectivity index (χ0) is 13.5. The largest absolute Gasteiger partial charge is 0.467 e. The molecule has 1 aromatic rings. The summed E-state index contributed by atoms with van der Waals surface area (Å²) in [5.74, 6) is 0.471. The van der Waals surface area contributed by atoms with Crippen LogP contribution in [0.2, 0.25) is 0 Å². The predicted molar refractivity (Wildman–Crippen MR) is 71.6 cm³/mol. The van der Waals surface area contributed by atoms with Crippen molar-refractivity contribution in [3.8, 4) is 12.0 Å². The molecule has 2 rings (SSSR count). The maximum Gasteiger partial charge on any atom is 0.324 e. The molecular weight excluding hydrogens is 246 g/mol. The normalized spacial score (nSPS) is 14.7. The summed E-state index contributed by atoms with van der Waals surface area (Å²) >= 11 is 0. The number of anilines is 1. The molecule has 2 N–H and O–H groups in total. The van der Waals surface area contributed by atoms with Crippen LogP contribution in [0.5, 0.6) is 12.0 Å². The van der Waals surface area contributed by atoms with Gasteiger partial charge in [0, 0.05) is 13.1 Å². The lowest BCUT2D eigenvalue weighted by Gasteiger charge is -2.14. The molecule has 0 unspecified atom stereocenters. The van der Waals surface area contributed by atoms with Crippen molar-refractivity contribution < 1.29 is 9.47 Å². The van der Waals surface area contributed by atoms with Gasteiger partial charge in [-0.2, -0.15) is 9.97 Å². The molecule has 7 nitrogen and oxygen atoms in total. The minimum atomic E-state index is 0.246. The fourth-order valence-corrected chi connectivity index (χ4v) is 1.83. The number of nitrogens with zero attached hydrogens (tertiary/aromatic N) is 3. The quantitative estimate of drug-likeness (QED) is 0.729. The van der Waals surface area contributed by atoms with Crippen molar-refractivity contribution in [1.29, 1.82) is 0 Å². The Morgan fingerprint density at radius 1 is 1.21 bits per heavy atom. The van der Waals surface area contributed by atoms with Crippen LogP contribution in [0.1, 0.15) is 12.8 Å². The van der Waals surface area contributed by atoms with Crippen molar-refractivity contribution in [2.45, 2.75) is 12.8 Å². The third-order valence-corrected chi connectivity index (χ3v) is 2.85. The van der Waals surface area contributed by atoms with Crippen LogP contribution in [0, 0.1) is 0 Å². The fraction of sp³-hybridized carbons (Fsp3) is 0.583. The third kappa shape index (κ3) is 4.06. The van der Waals surface area contributed by atoms with Crippen molar-refractivity contribution in [3.05, 3.63) is 11.6 Å². The van der Waals surface area contributed by atoms with Gasteiger partial charge in [-0.15, -0.1) is 4.98 Å². The maximum atomic E-state index is 4.99. The molecule has 1 aromatic heterocycles. The van der Waals surface area contributed by atoms with Gasteiger partial charge in [0.2, 0.25) is 5.95 Å². The van der Waals surface area contributed by atoms with Gasteiger partial charge in [0.15, 0.2) is 0 Å². The van der Waals surface area contributed by atoms with Gasteiger partial charge in [0.1, 0.15) is 0 Å². The summed E-state index contributed by atoms with van der Waals surface area (Å²) in [7, 11) is 3.02. The molecule has 0 saturated carbocycles. The van der Waals surface area contributed by atoms with Crippen LogP contribution in [0.15, 0.2) is 11.6 Å². The number of methoxy groups -OCH3 is 2. The molecule has 104 valence electrons. The smallest absolute Gasteiger partial charge is 0.324 e. The Morgan fingerprint density at radius 3 is 2.53 bits per heavy atom. The van der Waals surface area contributed by atoms with E-state index < -0.39 is 0 Å². The van der Waals surface area contributed by atoms with E-state index in [0.717, 1.165) is 32.5 Å². The number of aromatic nitrogens is 3. The van der Waals surface area contributed by atoms with E-state index in [2.05, 4.69) is 31.7 Å². The van der Waals surface area contributed by atoms with E-state index in [-0.39, 0.29) is 12.0 Å². The first kappa shape index (κ1) is 13.5. The van der Waals surface area contributed by atoms with Crippen LogP contribution in [0.4, 0.5) is 5.95 Å². The summed E-state index contributed by atoms with van der Waals surface area (Å²) in [5.41, 5.74) is 1.46. The summed E-state index contributed by atoms with van der Waals surface area (Å²) in [4.78, 5) is 12.2. The molecule has 0 aliphatic carbocycles. The second-order valence-corrected chi connectivity index (χ2v) is 4.13. The summed E-state index contributed by atoms with van der Waals surface area (Å²) in [6.45, 7) is 2.80. The van der Waals surface area contributed by atoms with Gasteiger partial charge < -0.3 is 20.1 Å². The van der Waals surface area contributed by atoms with Gasteiger partial charge in [-0.25, -0.2) is 0 Å². The molecule has 2 heterocycles. The molecule has 7 heteroatoms. The number of nitrogens with one attached hydrogen (secondary N) is 2. The van der Waals surface area contributed by atoms with E-state index in [1.54, 1.807) is 0 Å². The minimum Gasteiger partial charge on any atom is -0.467 e. The van der Waals surface area contributed by atoms with E-state index in [0.29, 0.717) is 5.95 Å². The topological polar surface area (TPSA) is 81.2 Å². The fourth-order valence-electron chi connectivity index (χ4n) is 1.83. The first-order valence-corrected chi connectivity index (χ1v) is 6.28. The highest BCUT2D eigenvalue weighted by atomic mass is 16.5. The van der Waals surface area contributed by atoms with Crippen molar-refractivity contribution in [1.82, 2.24) is 20.3 Å². The Balaban J connectivity index is 1.89. The monoisotopic (exact) mass is 265 g/mol. The molecule has 0 saturated heterocycles. The Morgan fingerprint density at radius 2 is 1.95 bits per heavy atom. The molecule has 0 spiro atoms. The van der Waals surface area contributed by atoms with Gasteiger partial charge in [0.05, 0.1) is 14.2 Å². The van der Waals surface area contributed by atoms with E-state index in [4.69, 9.17) is 9.47 Å². The number of ether oxygens (including phenoxy) is 2. The summed E-state index contributed by atoms with van der Waals surface area (Å²) in [6, 6.07) is 0.492. The average Bonchev–Trinajstić information content (AvgIpc) is 2.48. The lowest BCUT2D eigenvalue weighted by atomic mass is 10.1. The molecule has 0 aromatic carbocycles. The van der Waals surface area contributed by atoms with E-state index in [1.165, 1.54) is 19.8 Å². The van der Waals surface area contributed by atoms with Gasteiger partial charge >= 0.3 is 12.0 Å². The Bertz CT molecular complexity index is 427. The Labute approximate surface area is 112 Å². The molecule has 0 radical (unpaired) electrons. The average molecular weight is 265 g/mol. The molecule has 19 heavy (non-hydrogen) atoms. The Hall–Kier alpha value is -1.89. The highest BCUT2D eigenvalue weighted by Gasteiger charge is 2.07. The molecule has 1 aliphatic heterocycles. The van der Waals surface area contributed by atoms with Crippen LogP contribution in [-0.2, 0) is 0 Å². The number of hydrogen-bond donors (Lipinski definition) is 2. The van der Waals surface area contributed by atoms with Crippen LogP contribution in [0.25, 0.3) is 0 Å². The number of hydrogen-bond acceptors (Lipinski definition) is 7. The minimum absolute atomic E-state index is 0.246. The van der Waals surface area contributed by atoms with E-state index in [9.17, 15) is 0 Å². The van der Waals surface area contributed by atoms with E-state index in [1.807, 2.05) is 0 Å². The summed E-state index contributed by atoms with van der Waals surface area (Å²) in [5, 5.41) is 6.45. The van der Waals surface area contributed by atoms with Crippen LogP contribution >= 0.6 is 0 Å². The second-order valence-electron chi connectivity index (χ2n) is 4.13. The van der Waals surface area contributed by atoms with Crippen LogP contribution in [-0.4, -0.2) is 48.8 Å². The SMILES string of the molecule is COc1nc(NCCC2=CCNCC2)nc(OC)n1. The van der Waals surface area contributed by atoms with Crippen LogP contribution < -0.4 is 20.1 Å². The van der Waals surface area contributed by atoms with Crippen molar-refractivity contribution >= 4 is 5.95 Å². The molecule has 0 amide bonds. The lowest BCUT2D eigenvalue weighted by Crippen LogP contribution is -2.21.